The van der Waals surface area contributed by atoms with Crippen molar-refractivity contribution in [3.8, 4) is 6.07 Å². The molecule has 1 atom stereocenters. The van der Waals surface area contributed by atoms with E-state index in [0.29, 0.717) is 0 Å². The second-order valence-electron chi connectivity index (χ2n) is 2.88. The van der Waals surface area contributed by atoms with Gasteiger partial charge in [-0.3, -0.25) is 4.90 Å². The molecule has 0 aromatic rings. The average Bonchev–Trinajstić information content (AvgIpc) is 2.17. The Morgan fingerprint density at radius 3 is 2.46 bits per heavy atom. The zero-order chi connectivity index (χ0) is 10.1. The molecule has 0 rings (SSSR count). The normalized spacial score (nSPS) is 12.8. The zero-order valence-electron chi connectivity index (χ0n) is 8.92. The topological polar surface area (TPSA) is 36.3 Å². The number of likely N-dealkylation sites (N-methyl/N-ethyl adjacent to an activating group) is 1. The Morgan fingerprint density at radius 1 is 1.38 bits per heavy atom. The predicted octanol–water partition coefficient (Wildman–Crippen LogP) is 1.65. The number of ether oxygens (including phenoxy) is 1. The highest BCUT2D eigenvalue weighted by molar-refractivity contribution is 4.90. The van der Waals surface area contributed by atoms with Crippen molar-refractivity contribution in [3.05, 3.63) is 0 Å². The molecule has 0 aromatic carbocycles. The van der Waals surface area contributed by atoms with Crippen molar-refractivity contribution in [2.45, 2.75) is 33.2 Å². The van der Waals surface area contributed by atoms with E-state index in [0.717, 1.165) is 32.7 Å². The maximum atomic E-state index is 8.85. The Hall–Kier alpha value is -0.590. The molecular weight excluding hydrogens is 164 g/mol. The van der Waals surface area contributed by atoms with Crippen molar-refractivity contribution in [2.75, 3.05) is 26.3 Å². The van der Waals surface area contributed by atoms with Crippen LogP contribution in [0, 0.1) is 11.3 Å². The van der Waals surface area contributed by atoms with Crippen LogP contribution in [0.25, 0.3) is 0 Å². The summed E-state index contributed by atoms with van der Waals surface area (Å²) in [5.74, 6) is 0. The van der Waals surface area contributed by atoms with Crippen LogP contribution in [0.4, 0.5) is 0 Å². The van der Waals surface area contributed by atoms with Crippen molar-refractivity contribution in [2.24, 2.45) is 0 Å². The fourth-order valence-electron chi connectivity index (χ4n) is 1.29. The molecule has 0 amide bonds. The van der Waals surface area contributed by atoms with E-state index in [2.05, 4.69) is 17.9 Å². The molecule has 0 aromatic heterocycles. The molecule has 0 fully saturated rings. The van der Waals surface area contributed by atoms with Crippen LogP contribution >= 0.6 is 0 Å². The fraction of sp³-hybridized carbons (Fsp3) is 0.900. The molecule has 3 nitrogen and oxygen atoms in total. The summed E-state index contributed by atoms with van der Waals surface area (Å²) < 4.78 is 5.25. The quantitative estimate of drug-likeness (QED) is 0.564. The van der Waals surface area contributed by atoms with Gasteiger partial charge < -0.3 is 4.74 Å². The Kier molecular flexibility index (Phi) is 7.66. The lowest BCUT2D eigenvalue weighted by Crippen LogP contribution is -2.36. The minimum absolute atomic E-state index is 0.0467. The van der Waals surface area contributed by atoms with E-state index in [9.17, 15) is 0 Å². The highest BCUT2D eigenvalue weighted by Gasteiger charge is 2.13. The van der Waals surface area contributed by atoms with Crippen molar-refractivity contribution in [3.63, 3.8) is 0 Å². The Morgan fingerprint density at radius 2 is 2.08 bits per heavy atom. The second-order valence-corrected chi connectivity index (χ2v) is 2.88. The first-order valence-electron chi connectivity index (χ1n) is 5.01. The van der Waals surface area contributed by atoms with E-state index in [1.807, 2.05) is 13.8 Å². The minimum atomic E-state index is 0.0467. The molecule has 3 heteroatoms. The average molecular weight is 184 g/mol. The molecule has 0 aliphatic heterocycles. The summed E-state index contributed by atoms with van der Waals surface area (Å²) >= 11 is 0. The summed E-state index contributed by atoms with van der Waals surface area (Å²) in [7, 11) is 0. The molecule has 0 spiro atoms. The molecule has 13 heavy (non-hydrogen) atoms. The molecule has 0 aliphatic rings. The maximum absolute atomic E-state index is 8.85. The molecule has 0 saturated heterocycles. The van der Waals surface area contributed by atoms with Crippen molar-refractivity contribution in [1.82, 2.24) is 4.90 Å². The van der Waals surface area contributed by atoms with E-state index in [-0.39, 0.29) is 6.04 Å². The molecule has 0 radical (unpaired) electrons. The first-order chi connectivity index (χ1) is 6.29. The van der Waals surface area contributed by atoms with Crippen molar-refractivity contribution >= 4 is 0 Å². The Balaban J connectivity index is 3.80. The van der Waals surface area contributed by atoms with Crippen molar-refractivity contribution in [1.29, 1.82) is 5.26 Å². The van der Waals surface area contributed by atoms with Gasteiger partial charge in [0.15, 0.2) is 0 Å². The van der Waals surface area contributed by atoms with Gasteiger partial charge in [-0.2, -0.15) is 5.26 Å². The Bertz CT molecular complexity index is 153. The van der Waals surface area contributed by atoms with Crippen LogP contribution in [0.2, 0.25) is 0 Å². The Labute approximate surface area is 81.3 Å². The number of nitrogens with zero attached hydrogens (tertiary/aromatic N) is 2. The molecule has 76 valence electrons. The van der Waals surface area contributed by atoms with Crippen LogP contribution in [0.5, 0.6) is 0 Å². The minimum Gasteiger partial charge on any atom is -0.380 e. The third kappa shape index (κ3) is 4.87. The van der Waals surface area contributed by atoms with Gasteiger partial charge >= 0.3 is 0 Å². The predicted molar refractivity (Wildman–Crippen MR) is 53.4 cm³/mol. The number of rotatable bonds is 7. The third-order valence-corrected chi connectivity index (χ3v) is 2.11. The van der Waals surface area contributed by atoms with E-state index < -0.39 is 0 Å². The summed E-state index contributed by atoms with van der Waals surface area (Å²) in [6, 6.07) is 2.35. The summed E-state index contributed by atoms with van der Waals surface area (Å²) in [6.45, 7) is 9.35. The SMILES string of the molecule is CCOCCN(CC)C(C#N)CC. The van der Waals surface area contributed by atoms with Crippen LogP contribution in [-0.2, 0) is 4.74 Å². The van der Waals surface area contributed by atoms with Gasteiger partial charge in [-0.25, -0.2) is 0 Å². The van der Waals surface area contributed by atoms with Gasteiger partial charge in [0.1, 0.15) is 0 Å². The molecule has 0 aliphatic carbocycles. The van der Waals surface area contributed by atoms with Gasteiger partial charge in [0.2, 0.25) is 0 Å². The summed E-state index contributed by atoms with van der Waals surface area (Å²) in [6.07, 6.45) is 0.885. The second kappa shape index (κ2) is 8.03. The maximum Gasteiger partial charge on any atom is 0.0975 e. The lowest BCUT2D eigenvalue weighted by molar-refractivity contribution is 0.106. The summed E-state index contributed by atoms with van der Waals surface area (Å²) in [5.41, 5.74) is 0. The van der Waals surface area contributed by atoms with Crippen LogP contribution in [0.15, 0.2) is 0 Å². The molecule has 0 N–H and O–H groups in total. The van der Waals surface area contributed by atoms with Crippen LogP contribution in [0.3, 0.4) is 0 Å². The van der Waals surface area contributed by atoms with Crippen LogP contribution < -0.4 is 0 Å². The first kappa shape index (κ1) is 12.4. The van der Waals surface area contributed by atoms with Gasteiger partial charge in [0, 0.05) is 13.2 Å². The lowest BCUT2D eigenvalue weighted by atomic mass is 10.2. The van der Waals surface area contributed by atoms with Gasteiger partial charge in [-0.1, -0.05) is 13.8 Å². The summed E-state index contributed by atoms with van der Waals surface area (Å²) in [5, 5.41) is 8.85. The van der Waals surface area contributed by atoms with Crippen LogP contribution in [0.1, 0.15) is 27.2 Å². The van der Waals surface area contributed by atoms with E-state index >= 15 is 0 Å². The highest BCUT2D eigenvalue weighted by Crippen LogP contribution is 2.02. The third-order valence-electron chi connectivity index (χ3n) is 2.11. The highest BCUT2D eigenvalue weighted by atomic mass is 16.5. The number of nitriles is 1. The molecular formula is C10H20N2O. The monoisotopic (exact) mass is 184 g/mol. The van der Waals surface area contributed by atoms with Crippen LogP contribution in [-0.4, -0.2) is 37.2 Å². The largest absolute Gasteiger partial charge is 0.380 e. The van der Waals surface area contributed by atoms with E-state index in [1.165, 1.54) is 0 Å². The number of hydrogen-bond donors (Lipinski definition) is 0. The molecule has 1 unspecified atom stereocenters. The first-order valence-corrected chi connectivity index (χ1v) is 5.01. The van der Waals surface area contributed by atoms with Gasteiger partial charge in [-0.05, 0) is 19.9 Å². The smallest absolute Gasteiger partial charge is 0.0975 e. The number of hydrogen-bond acceptors (Lipinski definition) is 3. The molecule has 0 saturated carbocycles. The van der Waals surface area contributed by atoms with Gasteiger partial charge in [0.05, 0.1) is 18.7 Å². The standard InChI is InChI=1S/C10H20N2O/c1-4-10(9-11)12(5-2)7-8-13-6-3/h10H,4-8H2,1-3H3. The summed E-state index contributed by atoms with van der Waals surface area (Å²) in [4.78, 5) is 2.15. The zero-order valence-corrected chi connectivity index (χ0v) is 8.92. The molecule has 0 bridgehead atoms. The molecule has 0 heterocycles. The van der Waals surface area contributed by atoms with E-state index in [1.54, 1.807) is 0 Å². The lowest BCUT2D eigenvalue weighted by Gasteiger charge is -2.24. The van der Waals surface area contributed by atoms with Gasteiger partial charge in [0.25, 0.3) is 0 Å². The van der Waals surface area contributed by atoms with Crippen molar-refractivity contribution < 1.29 is 4.74 Å². The van der Waals surface area contributed by atoms with E-state index in [4.69, 9.17) is 10.00 Å². The van der Waals surface area contributed by atoms with Gasteiger partial charge in [-0.15, -0.1) is 0 Å². The fourth-order valence-corrected chi connectivity index (χ4v) is 1.29.